The maximum Gasteiger partial charge on any atom is 0.344 e. The Balaban J connectivity index is 3.07. The second-order valence-electron chi connectivity index (χ2n) is 3.47. The van der Waals surface area contributed by atoms with E-state index in [0.717, 1.165) is 10.0 Å². The fraction of sp³-hybridized carbons (Fsp3) is 0.364. The number of carbonyl (C=O) groups is 1. The van der Waals surface area contributed by atoms with E-state index in [-0.39, 0.29) is 6.61 Å². The highest BCUT2D eigenvalue weighted by atomic mass is 79.9. The summed E-state index contributed by atoms with van der Waals surface area (Å²) in [6.07, 6.45) is -0.940. The first-order valence-electron chi connectivity index (χ1n) is 4.75. The van der Waals surface area contributed by atoms with Gasteiger partial charge < -0.3 is 14.9 Å². The van der Waals surface area contributed by atoms with Crippen molar-refractivity contribution in [1.29, 1.82) is 0 Å². The van der Waals surface area contributed by atoms with E-state index >= 15 is 0 Å². The minimum Gasteiger partial charge on any atom is -0.479 e. The number of carboxylic acids is 1. The summed E-state index contributed by atoms with van der Waals surface area (Å²) >= 11 is 3.30. The highest BCUT2D eigenvalue weighted by molar-refractivity contribution is 9.10. The molecule has 0 heterocycles. The van der Waals surface area contributed by atoms with Gasteiger partial charge in [-0.05, 0) is 31.5 Å². The molecule has 2 N–H and O–H groups in total. The zero-order valence-corrected chi connectivity index (χ0v) is 10.6. The molecular weight excluding hydrogens is 276 g/mol. The molecule has 0 fully saturated rings. The Kier molecular flexibility index (Phi) is 4.32. The van der Waals surface area contributed by atoms with Crippen LogP contribution in [0, 0.1) is 6.92 Å². The molecule has 0 aliphatic rings. The van der Waals surface area contributed by atoms with E-state index in [0.29, 0.717) is 11.3 Å². The van der Waals surface area contributed by atoms with Crippen LogP contribution in [0.2, 0.25) is 0 Å². The van der Waals surface area contributed by atoms with Crippen molar-refractivity contribution in [3.05, 3.63) is 27.7 Å². The van der Waals surface area contributed by atoms with Gasteiger partial charge in [0.1, 0.15) is 5.75 Å². The van der Waals surface area contributed by atoms with Crippen molar-refractivity contribution in [1.82, 2.24) is 0 Å². The Morgan fingerprint density at radius 3 is 2.69 bits per heavy atom. The van der Waals surface area contributed by atoms with E-state index < -0.39 is 12.1 Å². The van der Waals surface area contributed by atoms with E-state index in [4.69, 9.17) is 9.84 Å². The quantitative estimate of drug-likeness (QED) is 0.890. The molecule has 0 saturated carbocycles. The molecule has 1 atom stereocenters. The van der Waals surface area contributed by atoms with Gasteiger partial charge in [-0.15, -0.1) is 0 Å². The lowest BCUT2D eigenvalue weighted by Gasteiger charge is -2.16. The van der Waals surface area contributed by atoms with Crippen molar-refractivity contribution < 1.29 is 19.7 Å². The zero-order valence-electron chi connectivity index (χ0n) is 9.03. The molecule has 0 aromatic heterocycles. The lowest BCUT2D eigenvalue weighted by Crippen LogP contribution is -2.23. The van der Waals surface area contributed by atoms with Crippen molar-refractivity contribution in [2.75, 3.05) is 0 Å². The number of aliphatic hydroxyl groups is 1. The van der Waals surface area contributed by atoms with E-state index in [1.807, 2.05) is 6.07 Å². The summed E-state index contributed by atoms with van der Waals surface area (Å²) < 4.78 is 6.13. The lowest BCUT2D eigenvalue weighted by molar-refractivity contribution is -0.144. The standard InChI is InChI=1S/C11H13BrO4/c1-6-3-9(12)4-8(5-13)10(6)16-7(2)11(14)15/h3-4,7,13H,5H2,1-2H3,(H,14,15). The van der Waals surface area contributed by atoms with Crippen LogP contribution in [0.25, 0.3) is 0 Å². The van der Waals surface area contributed by atoms with Crippen LogP contribution in [-0.4, -0.2) is 22.3 Å². The number of aliphatic hydroxyl groups excluding tert-OH is 1. The van der Waals surface area contributed by atoms with E-state index in [9.17, 15) is 9.90 Å². The molecule has 0 saturated heterocycles. The van der Waals surface area contributed by atoms with Gasteiger partial charge in [-0.2, -0.15) is 0 Å². The molecule has 1 unspecified atom stereocenters. The van der Waals surface area contributed by atoms with Crippen LogP contribution in [0.1, 0.15) is 18.1 Å². The molecule has 0 amide bonds. The molecule has 0 radical (unpaired) electrons. The van der Waals surface area contributed by atoms with Crippen molar-refractivity contribution in [3.8, 4) is 5.75 Å². The summed E-state index contributed by atoms with van der Waals surface area (Å²) in [6.45, 7) is 3.06. The fourth-order valence-electron chi connectivity index (χ4n) is 1.31. The van der Waals surface area contributed by atoms with Crippen LogP contribution < -0.4 is 4.74 Å². The predicted molar refractivity (Wildman–Crippen MR) is 62.5 cm³/mol. The van der Waals surface area contributed by atoms with E-state index in [1.165, 1.54) is 6.92 Å². The Morgan fingerprint density at radius 2 is 2.19 bits per heavy atom. The van der Waals surface area contributed by atoms with Crippen molar-refractivity contribution in [3.63, 3.8) is 0 Å². The third-order valence-electron chi connectivity index (χ3n) is 2.13. The molecule has 1 aromatic rings. The second-order valence-corrected chi connectivity index (χ2v) is 4.38. The third kappa shape index (κ3) is 2.96. The minimum atomic E-state index is -1.04. The molecule has 88 valence electrons. The summed E-state index contributed by atoms with van der Waals surface area (Å²) in [5, 5.41) is 17.9. The summed E-state index contributed by atoms with van der Waals surface area (Å²) in [5.41, 5.74) is 1.35. The first kappa shape index (κ1) is 13.0. The molecule has 5 heteroatoms. The molecule has 4 nitrogen and oxygen atoms in total. The SMILES string of the molecule is Cc1cc(Br)cc(CO)c1OC(C)C(=O)O. The Hall–Kier alpha value is -1.07. The summed E-state index contributed by atoms with van der Waals surface area (Å²) in [6, 6.07) is 3.51. The first-order valence-corrected chi connectivity index (χ1v) is 5.54. The van der Waals surface area contributed by atoms with Gasteiger partial charge in [0.2, 0.25) is 0 Å². The molecule has 0 aliphatic carbocycles. The maximum atomic E-state index is 10.7. The van der Waals surface area contributed by atoms with Crippen LogP contribution in [0.4, 0.5) is 0 Å². The van der Waals surface area contributed by atoms with Gasteiger partial charge in [0.25, 0.3) is 0 Å². The lowest BCUT2D eigenvalue weighted by atomic mass is 10.1. The Labute approximate surface area is 102 Å². The largest absolute Gasteiger partial charge is 0.479 e. The predicted octanol–water partition coefficient (Wildman–Crippen LogP) is 2.10. The summed E-state index contributed by atoms with van der Waals surface area (Å²) in [7, 11) is 0. The highest BCUT2D eigenvalue weighted by Gasteiger charge is 2.16. The number of halogens is 1. The molecule has 0 aliphatic heterocycles. The Bertz CT molecular complexity index is 403. The normalized spacial score (nSPS) is 12.2. The molecular formula is C11H13BrO4. The van der Waals surface area contributed by atoms with E-state index in [2.05, 4.69) is 15.9 Å². The summed E-state index contributed by atoms with van der Waals surface area (Å²) in [4.78, 5) is 10.7. The average Bonchev–Trinajstić information content (AvgIpc) is 2.21. The van der Waals surface area contributed by atoms with Gasteiger partial charge in [0.15, 0.2) is 6.10 Å². The second kappa shape index (κ2) is 5.32. The zero-order chi connectivity index (χ0) is 12.3. The van der Waals surface area contributed by atoms with Gasteiger partial charge in [0, 0.05) is 10.0 Å². The molecule has 1 rings (SSSR count). The van der Waals surface area contributed by atoms with Gasteiger partial charge in [-0.1, -0.05) is 15.9 Å². The van der Waals surface area contributed by atoms with Crippen molar-refractivity contribution in [2.24, 2.45) is 0 Å². The number of rotatable bonds is 4. The number of aryl methyl sites for hydroxylation is 1. The van der Waals surface area contributed by atoms with Crippen LogP contribution in [-0.2, 0) is 11.4 Å². The number of benzene rings is 1. The van der Waals surface area contributed by atoms with Gasteiger partial charge in [-0.3, -0.25) is 0 Å². The topological polar surface area (TPSA) is 66.8 Å². The monoisotopic (exact) mass is 288 g/mol. The van der Waals surface area contributed by atoms with Crippen LogP contribution in [0.5, 0.6) is 5.75 Å². The molecule has 0 spiro atoms. The molecule has 16 heavy (non-hydrogen) atoms. The van der Waals surface area contributed by atoms with Gasteiger partial charge in [-0.25, -0.2) is 4.79 Å². The number of carboxylic acid groups (broad SMARTS) is 1. The van der Waals surface area contributed by atoms with Crippen LogP contribution in [0.3, 0.4) is 0 Å². The first-order chi connectivity index (χ1) is 7.45. The van der Waals surface area contributed by atoms with Gasteiger partial charge >= 0.3 is 5.97 Å². The fourth-order valence-corrected chi connectivity index (χ4v) is 1.93. The number of hydrogen-bond donors (Lipinski definition) is 2. The number of aliphatic carboxylic acids is 1. The average molecular weight is 289 g/mol. The minimum absolute atomic E-state index is 0.193. The van der Waals surface area contributed by atoms with Crippen molar-refractivity contribution >= 4 is 21.9 Å². The number of ether oxygens (including phenoxy) is 1. The van der Waals surface area contributed by atoms with Crippen LogP contribution in [0.15, 0.2) is 16.6 Å². The smallest absolute Gasteiger partial charge is 0.344 e. The third-order valence-corrected chi connectivity index (χ3v) is 2.59. The molecule has 0 bridgehead atoms. The number of hydrogen-bond acceptors (Lipinski definition) is 3. The Morgan fingerprint density at radius 1 is 1.56 bits per heavy atom. The molecule has 1 aromatic carbocycles. The van der Waals surface area contributed by atoms with E-state index in [1.54, 1.807) is 13.0 Å². The highest BCUT2D eigenvalue weighted by Crippen LogP contribution is 2.28. The summed E-state index contributed by atoms with van der Waals surface area (Å²) in [5.74, 6) is -0.605. The van der Waals surface area contributed by atoms with Crippen molar-refractivity contribution in [2.45, 2.75) is 26.6 Å². The van der Waals surface area contributed by atoms with Gasteiger partial charge in [0.05, 0.1) is 6.61 Å². The maximum absolute atomic E-state index is 10.7. The van der Waals surface area contributed by atoms with Crippen LogP contribution >= 0.6 is 15.9 Å².